The van der Waals surface area contributed by atoms with E-state index in [0.717, 1.165) is 23.2 Å². The lowest BCUT2D eigenvalue weighted by molar-refractivity contribution is 0.0977. The van der Waals surface area contributed by atoms with Crippen molar-refractivity contribution >= 4 is 28.9 Å². The summed E-state index contributed by atoms with van der Waals surface area (Å²) in [4.78, 5) is 12.4. The van der Waals surface area contributed by atoms with Gasteiger partial charge in [-0.3, -0.25) is 10.1 Å². The number of nitrogens with one attached hydrogen (secondary N) is 2. The SMILES string of the molecule is CCC(C)Oc1cccc(C(=O)NC(=S)Nc2cc(C)cc(C)c2)c1. The van der Waals surface area contributed by atoms with Crippen LogP contribution < -0.4 is 15.4 Å². The van der Waals surface area contributed by atoms with Crippen LogP contribution in [-0.4, -0.2) is 17.1 Å². The summed E-state index contributed by atoms with van der Waals surface area (Å²) in [7, 11) is 0. The van der Waals surface area contributed by atoms with Crippen LogP contribution in [0.15, 0.2) is 42.5 Å². The van der Waals surface area contributed by atoms with Gasteiger partial charge in [0.15, 0.2) is 5.11 Å². The van der Waals surface area contributed by atoms with E-state index in [0.29, 0.717) is 11.3 Å². The number of rotatable bonds is 5. The second-order valence-corrected chi connectivity index (χ2v) is 6.56. The van der Waals surface area contributed by atoms with Gasteiger partial charge in [-0.25, -0.2) is 0 Å². The molecule has 0 aliphatic carbocycles. The summed E-state index contributed by atoms with van der Waals surface area (Å²) >= 11 is 5.25. The molecule has 132 valence electrons. The third kappa shape index (κ3) is 5.87. The van der Waals surface area contributed by atoms with Gasteiger partial charge in [-0.1, -0.05) is 19.1 Å². The predicted molar refractivity (Wildman–Crippen MR) is 106 cm³/mol. The van der Waals surface area contributed by atoms with Gasteiger partial charge in [0.2, 0.25) is 0 Å². The number of thiocarbonyl (C=S) groups is 1. The second kappa shape index (κ2) is 8.62. The standard InChI is InChI=1S/C20H24N2O2S/c1-5-15(4)24-18-8-6-7-16(12-18)19(23)22-20(25)21-17-10-13(2)9-14(3)11-17/h6-12,15H,5H2,1-4H3,(H2,21,22,23,25). The first kappa shape index (κ1) is 18.9. The lowest BCUT2D eigenvalue weighted by Gasteiger charge is -2.14. The van der Waals surface area contributed by atoms with E-state index >= 15 is 0 Å². The molecule has 0 aliphatic rings. The zero-order chi connectivity index (χ0) is 18.4. The summed E-state index contributed by atoms with van der Waals surface area (Å²) in [5, 5.41) is 6.02. The first-order chi connectivity index (χ1) is 11.9. The fourth-order valence-corrected chi connectivity index (χ4v) is 2.62. The van der Waals surface area contributed by atoms with E-state index in [4.69, 9.17) is 17.0 Å². The Labute approximate surface area is 154 Å². The summed E-state index contributed by atoms with van der Waals surface area (Å²) < 4.78 is 5.75. The number of anilines is 1. The normalized spacial score (nSPS) is 11.5. The second-order valence-electron chi connectivity index (χ2n) is 6.15. The maximum Gasteiger partial charge on any atom is 0.257 e. The fraction of sp³-hybridized carbons (Fsp3) is 0.300. The van der Waals surface area contributed by atoms with E-state index in [1.54, 1.807) is 18.2 Å². The summed E-state index contributed by atoms with van der Waals surface area (Å²) in [6.45, 7) is 8.08. The molecule has 2 rings (SSSR count). The average Bonchev–Trinajstić information content (AvgIpc) is 2.53. The first-order valence-corrected chi connectivity index (χ1v) is 8.75. The van der Waals surface area contributed by atoms with Crippen LogP contribution in [-0.2, 0) is 0 Å². The van der Waals surface area contributed by atoms with Crippen LogP contribution in [0.1, 0.15) is 41.8 Å². The highest BCUT2D eigenvalue weighted by Crippen LogP contribution is 2.16. The van der Waals surface area contributed by atoms with E-state index < -0.39 is 0 Å². The van der Waals surface area contributed by atoms with E-state index in [-0.39, 0.29) is 17.1 Å². The highest BCUT2D eigenvalue weighted by molar-refractivity contribution is 7.80. The Kier molecular flexibility index (Phi) is 6.53. The summed E-state index contributed by atoms with van der Waals surface area (Å²) in [5.41, 5.74) is 3.63. The molecule has 2 N–H and O–H groups in total. The third-order valence-corrected chi connectivity index (χ3v) is 3.92. The highest BCUT2D eigenvalue weighted by atomic mass is 32.1. The average molecular weight is 356 g/mol. The van der Waals surface area contributed by atoms with Gasteiger partial charge < -0.3 is 10.1 Å². The molecule has 0 aliphatic heterocycles. The molecule has 0 heterocycles. The van der Waals surface area contributed by atoms with Crippen LogP contribution >= 0.6 is 12.2 Å². The highest BCUT2D eigenvalue weighted by Gasteiger charge is 2.10. The van der Waals surface area contributed by atoms with Crippen molar-refractivity contribution in [1.29, 1.82) is 0 Å². The third-order valence-electron chi connectivity index (χ3n) is 3.72. The van der Waals surface area contributed by atoms with Gasteiger partial charge in [-0.15, -0.1) is 0 Å². The Hall–Kier alpha value is -2.40. The van der Waals surface area contributed by atoms with Crippen LogP contribution in [0.5, 0.6) is 5.75 Å². The van der Waals surface area contributed by atoms with Gasteiger partial charge in [0.05, 0.1) is 6.10 Å². The molecule has 2 aromatic rings. The lowest BCUT2D eigenvalue weighted by atomic mass is 10.1. The molecular weight excluding hydrogens is 332 g/mol. The van der Waals surface area contributed by atoms with Crippen LogP contribution in [0.4, 0.5) is 5.69 Å². The Bertz CT molecular complexity index is 754. The van der Waals surface area contributed by atoms with Gasteiger partial charge in [0.25, 0.3) is 5.91 Å². The van der Waals surface area contributed by atoms with E-state index in [2.05, 4.69) is 23.6 Å². The predicted octanol–water partition coefficient (Wildman–Crippen LogP) is 4.61. The quantitative estimate of drug-likeness (QED) is 0.768. The van der Waals surface area contributed by atoms with Crippen molar-refractivity contribution in [2.45, 2.75) is 40.2 Å². The van der Waals surface area contributed by atoms with Crippen molar-refractivity contribution in [3.63, 3.8) is 0 Å². The zero-order valence-corrected chi connectivity index (χ0v) is 15.9. The molecule has 0 saturated carbocycles. The molecule has 1 atom stereocenters. The molecule has 25 heavy (non-hydrogen) atoms. The van der Waals surface area contributed by atoms with Crippen LogP contribution in [0.25, 0.3) is 0 Å². The number of ether oxygens (including phenoxy) is 1. The molecule has 0 aromatic heterocycles. The van der Waals surface area contributed by atoms with Crippen molar-refractivity contribution in [2.75, 3.05) is 5.32 Å². The topological polar surface area (TPSA) is 50.4 Å². The first-order valence-electron chi connectivity index (χ1n) is 8.34. The van der Waals surface area contributed by atoms with E-state index in [1.165, 1.54) is 0 Å². The van der Waals surface area contributed by atoms with Crippen LogP contribution in [0, 0.1) is 13.8 Å². The molecule has 0 saturated heterocycles. The summed E-state index contributed by atoms with van der Waals surface area (Å²) in [6, 6.07) is 13.1. The number of aryl methyl sites for hydroxylation is 2. The summed E-state index contributed by atoms with van der Waals surface area (Å²) in [5.74, 6) is 0.409. The molecule has 0 radical (unpaired) electrons. The van der Waals surface area contributed by atoms with Gasteiger partial charge >= 0.3 is 0 Å². The number of amides is 1. The molecule has 2 aromatic carbocycles. The molecule has 0 bridgehead atoms. The Morgan fingerprint density at radius 1 is 1.16 bits per heavy atom. The van der Waals surface area contributed by atoms with Crippen LogP contribution in [0.3, 0.4) is 0 Å². The number of hydrogen-bond donors (Lipinski definition) is 2. The van der Waals surface area contributed by atoms with Gasteiger partial charge in [-0.2, -0.15) is 0 Å². The van der Waals surface area contributed by atoms with Crippen molar-refractivity contribution in [3.8, 4) is 5.75 Å². The molecule has 4 nitrogen and oxygen atoms in total. The molecule has 0 fully saturated rings. The minimum Gasteiger partial charge on any atom is -0.491 e. The minimum absolute atomic E-state index is 0.102. The number of carbonyl (C=O) groups excluding carboxylic acids is 1. The van der Waals surface area contributed by atoms with E-state index in [1.807, 2.05) is 39.0 Å². The molecule has 5 heteroatoms. The van der Waals surface area contributed by atoms with Crippen molar-refractivity contribution in [3.05, 3.63) is 59.2 Å². The molecule has 1 unspecified atom stereocenters. The van der Waals surface area contributed by atoms with Crippen molar-refractivity contribution in [1.82, 2.24) is 5.32 Å². The summed E-state index contributed by atoms with van der Waals surface area (Å²) in [6.07, 6.45) is 1.01. The minimum atomic E-state index is -0.267. The van der Waals surface area contributed by atoms with E-state index in [9.17, 15) is 4.79 Å². The van der Waals surface area contributed by atoms with Gasteiger partial charge in [0.1, 0.15) is 5.75 Å². The Morgan fingerprint density at radius 2 is 1.84 bits per heavy atom. The Morgan fingerprint density at radius 3 is 2.48 bits per heavy atom. The fourth-order valence-electron chi connectivity index (χ4n) is 2.41. The number of benzene rings is 2. The molecule has 1 amide bonds. The zero-order valence-electron chi connectivity index (χ0n) is 15.1. The number of carbonyl (C=O) groups is 1. The van der Waals surface area contributed by atoms with Crippen molar-refractivity contribution < 1.29 is 9.53 Å². The smallest absolute Gasteiger partial charge is 0.257 e. The largest absolute Gasteiger partial charge is 0.491 e. The maximum absolute atomic E-state index is 12.4. The lowest BCUT2D eigenvalue weighted by Crippen LogP contribution is -2.34. The van der Waals surface area contributed by atoms with Gasteiger partial charge in [0, 0.05) is 11.3 Å². The molecular formula is C20H24N2O2S. The number of hydrogen-bond acceptors (Lipinski definition) is 3. The maximum atomic E-state index is 12.4. The molecule has 0 spiro atoms. The van der Waals surface area contributed by atoms with Crippen LogP contribution in [0.2, 0.25) is 0 Å². The van der Waals surface area contributed by atoms with Gasteiger partial charge in [-0.05, 0) is 80.9 Å². The van der Waals surface area contributed by atoms with Crippen molar-refractivity contribution in [2.24, 2.45) is 0 Å². The Balaban J connectivity index is 2.01. The monoisotopic (exact) mass is 356 g/mol.